The first-order chi connectivity index (χ1) is 10.7. The molecule has 0 aromatic heterocycles. The SMILES string of the molecule is CCOC(=O)[C@H]1C[C@@]2(C(=O)Nc3ccccc32)N2CCC[C@@H]12. The number of benzene rings is 1. The Balaban J connectivity index is 1.79. The number of rotatable bonds is 2. The molecule has 4 rings (SSSR count). The molecule has 1 aromatic carbocycles. The number of ether oxygens (including phenoxy) is 1. The molecule has 5 nitrogen and oxygen atoms in total. The van der Waals surface area contributed by atoms with Crippen molar-refractivity contribution in [3.8, 4) is 0 Å². The number of para-hydroxylation sites is 1. The van der Waals surface area contributed by atoms with Gasteiger partial charge < -0.3 is 10.1 Å². The van der Waals surface area contributed by atoms with E-state index in [2.05, 4.69) is 10.2 Å². The average Bonchev–Trinajstić information content (AvgIpc) is 3.16. The number of fused-ring (bicyclic) bond motifs is 4. The van der Waals surface area contributed by atoms with Gasteiger partial charge in [0.15, 0.2) is 0 Å². The molecule has 0 bridgehead atoms. The van der Waals surface area contributed by atoms with E-state index in [1.54, 1.807) is 0 Å². The molecule has 116 valence electrons. The zero-order valence-electron chi connectivity index (χ0n) is 12.7. The Bertz CT molecular complexity index is 645. The number of carbonyl (C=O) groups is 2. The first-order valence-electron chi connectivity index (χ1n) is 8.03. The number of esters is 1. The van der Waals surface area contributed by atoms with Crippen molar-refractivity contribution < 1.29 is 14.3 Å². The predicted octanol–water partition coefficient (Wildman–Crippen LogP) is 1.88. The van der Waals surface area contributed by atoms with Crippen LogP contribution >= 0.6 is 0 Å². The van der Waals surface area contributed by atoms with E-state index in [4.69, 9.17) is 4.74 Å². The summed E-state index contributed by atoms with van der Waals surface area (Å²) in [6.07, 6.45) is 2.51. The molecule has 2 fully saturated rings. The third-order valence-corrected chi connectivity index (χ3v) is 5.36. The highest BCUT2D eigenvalue weighted by Crippen LogP contribution is 2.54. The summed E-state index contributed by atoms with van der Waals surface area (Å²) in [5, 5.41) is 3.00. The molecule has 1 amide bonds. The molecule has 0 saturated carbocycles. The topological polar surface area (TPSA) is 58.6 Å². The maximum Gasteiger partial charge on any atom is 0.310 e. The molecule has 2 saturated heterocycles. The zero-order chi connectivity index (χ0) is 15.3. The van der Waals surface area contributed by atoms with E-state index in [1.165, 1.54) is 0 Å². The molecule has 1 aromatic rings. The molecule has 3 aliphatic heterocycles. The number of hydrogen-bond acceptors (Lipinski definition) is 4. The molecule has 0 unspecified atom stereocenters. The van der Waals surface area contributed by atoms with Gasteiger partial charge in [-0.2, -0.15) is 0 Å². The van der Waals surface area contributed by atoms with Crippen LogP contribution < -0.4 is 5.32 Å². The van der Waals surface area contributed by atoms with Crippen LogP contribution in [-0.2, 0) is 19.9 Å². The monoisotopic (exact) mass is 300 g/mol. The third kappa shape index (κ3) is 1.63. The van der Waals surface area contributed by atoms with Crippen molar-refractivity contribution in [1.82, 2.24) is 4.90 Å². The van der Waals surface area contributed by atoms with Crippen LogP contribution in [0.1, 0.15) is 31.7 Å². The molecule has 0 aliphatic carbocycles. The number of nitrogens with one attached hydrogen (secondary N) is 1. The summed E-state index contributed by atoms with van der Waals surface area (Å²) in [5.74, 6) is -0.361. The molecular formula is C17H20N2O3. The largest absolute Gasteiger partial charge is 0.466 e. The normalized spacial score (nSPS) is 32.9. The van der Waals surface area contributed by atoms with Crippen molar-refractivity contribution in [2.45, 2.75) is 37.8 Å². The van der Waals surface area contributed by atoms with Crippen molar-refractivity contribution in [2.24, 2.45) is 5.92 Å². The molecule has 1 N–H and O–H groups in total. The van der Waals surface area contributed by atoms with Crippen molar-refractivity contribution in [3.63, 3.8) is 0 Å². The van der Waals surface area contributed by atoms with E-state index >= 15 is 0 Å². The molecule has 5 heteroatoms. The summed E-state index contributed by atoms with van der Waals surface area (Å²) in [5.41, 5.74) is 1.20. The summed E-state index contributed by atoms with van der Waals surface area (Å²) < 4.78 is 5.26. The quantitative estimate of drug-likeness (QED) is 0.847. The molecule has 3 atom stereocenters. The maximum absolute atomic E-state index is 12.8. The lowest BCUT2D eigenvalue weighted by Crippen LogP contribution is -2.47. The number of amides is 1. The highest BCUT2D eigenvalue weighted by Gasteiger charge is 2.63. The fourth-order valence-corrected chi connectivity index (χ4v) is 4.53. The first-order valence-corrected chi connectivity index (χ1v) is 8.03. The van der Waals surface area contributed by atoms with Gasteiger partial charge >= 0.3 is 5.97 Å². The molecule has 0 radical (unpaired) electrons. The van der Waals surface area contributed by atoms with E-state index < -0.39 is 5.54 Å². The van der Waals surface area contributed by atoms with E-state index in [0.717, 1.165) is 30.6 Å². The van der Waals surface area contributed by atoms with Gasteiger partial charge in [-0.25, -0.2) is 0 Å². The number of carbonyl (C=O) groups excluding carboxylic acids is 2. The summed E-state index contributed by atoms with van der Waals surface area (Å²) in [7, 11) is 0. The van der Waals surface area contributed by atoms with Crippen LogP contribution in [0.5, 0.6) is 0 Å². The van der Waals surface area contributed by atoms with Crippen LogP contribution in [0.3, 0.4) is 0 Å². The van der Waals surface area contributed by atoms with Crippen LogP contribution in [0.25, 0.3) is 0 Å². The van der Waals surface area contributed by atoms with Gasteiger partial charge in [0, 0.05) is 17.3 Å². The van der Waals surface area contributed by atoms with E-state index in [9.17, 15) is 9.59 Å². The molecule has 3 aliphatic rings. The van der Waals surface area contributed by atoms with Gasteiger partial charge in [-0.3, -0.25) is 14.5 Å². The van der Waals surface area contributed by atoms with Crippen LogP contribution in [0.15, 0.2) is 24.3 Å². The average molecular weight is 300 g/mol. The number of anilines is 1. The van der Waals surface area contributed by atoms with Gasteiger partial charge in [0.1, 0.15) is 5.54 Å². The second kappa shape index (κ2) is 4.81. The summed E-state index contributed by atoms with van der Waals surface area (Å²) in [6, 6.07) is 7.96. The Morgan fingerprint density at radius 2 is 2.27 bits per heavy atom. The van der Waals surface area contributed by atoms with Crippen molar-refractivity contribution in [1.29, 1.82) is 0 Å². The molecule has 22 heavy (non-hydrogen) atoms. The highest BCUT2D eigenvalue weighted by atomic mass is 16.5. The van der Waals surface area contributed by atoms with Gasteiger partial charge in [0.05, 0.1) is 12.5 Å². The minimum Gasteiger partial charge on any atom is -0.466 e. The maximum atomic E-state index is 12.8. The molecule has 1 spiro atoms. The Kier molecular flexibility index (Phi) is 3.01. The molecular weight excluding hydrogens is 280 g/mol. The smallest absolute Gasteiger partial charge is 0.310 e. The minimum absolute atomic E-state index is 0.00685. The van der Waals surface area contributed by atoms with Crippen molar-refractivity contribution in [3.05, 3.63) is 29.8 Å². The first kappa shape index (κ1) is 13.8. The lowest BCUT2D eigenvalue weighted by molar-refractivity contribution is -0.148. The van der Waals surface area contributed by atoms with Gasteiger partial charge in [-0.1, -0.05) is 18.2 Å². The lowest BCUT2D eigenvalue weighted by atomic mass is 9.84. The summed E-state index contributed by atoms with van der Waals surface area (Å²) >= 11 is 0. The van der Waals surface area contributed by atoms with Gasteiger partial charge in [0.25, 0.3) is 0 Å². The van der Waals surface area contributed by atoms with Gasteiger partial charge in [-0.15, -0.1) is 0 Å². The standard InChI is InChI=1S/C17H20N2O3/c1-2-22-15(20)11-10-17(19-9-5-8-14(11)19)12-6-3-4-7-13(12)18-16(17)21/h3-4,6-7,11,14H,2,5,8-10H2,1H3,(H,18,21)/t11-,14-,17+/m0/s1. The fourth-order valence-electron chi connectivity index (χ4n) is 4.53. The van der Waals surface area contributed by atoms with E-state index in [-0.39, 0.29) is 23.8 Å². The van der Waals surface area contributed by atoms with Crippen LogP contribution in [-0.4, -0.2) is 36.0 Å². The minimum atomic E-state index is -0.685. The zero-order valence-corrected chi connectivity index (χ0v) is 12.7. The number of nitrogens with zero attached hydrogens (tertiary/aromatic N) is 1. The van der Waals surface area contributed by atoms with Crippen LogP contribution in [0.4, 0.5) is 5.69 Å². The summed E-state index contributed by atoms with van der Waals surface area (Å²) in [6.45, 7) is 3.08. The predicted molar refractivity (Wildman–Crippen MR) is 81.2 cm³/mol. The Morgan fingerprint density at radius 3 is 3.09 bits per heavy atom. The second-order valence-electron chi connectivity index (χ2n) is 6.33. The summed E-state index contributed by atoms with van der Waals surface area (Å²) in [4.78, 5) is 27.4. The van der Waals surface area contributed by atoms with Crippen LogP contribution in [0.2, 0.25) is 0 Å². The van der Waals surface area contributed by atoms with Crippen LogP contribution in [0, 0.1) is 5.92 Å². The molecule has 3 heterocycles. The lowest BCUT2D eigenvalue weighted by Gasteiger charge is -2.32. The Labute approximate surface area is 129 Å². The van der Waals surface area contributed by atoms with Gasteiger partial charge in [-0.05, 0) is 38.8 Å². The third-order valence-electron chi connectivity index (χ3n) is 5.36. The highest BCUT2D eigenvalue weighted by molar-refractivity contribution is 6.06. The van der Waals surface area contributed by atoms with Gasteiger partial charge in [0.2, 0.25) is 5.91 Å². The second-order valence-corrected chi connectivity index (χ2v) is 6.33. The van der Waals surface area contributed by atoms with Crippen molar-refractivity contribution >= 4 is 17.6 Å². The Hall–Kier alpha value is -1.88. The van der Waals surface area contributed by atoms with E-state index in [0.29, 0.717) is 13.0 Å². The Morgan fingerprint density at radius 1 is 1.45 bits per heavy atom. The van der Waals surface area contributed by atoms with E-state index in [1.807, 2.05) is 31.2 Å². The fraction of sp³-hybridized carbons (Fsp3) is 0.529. The van der Waals surface area contributed by atoms with Crippen molar-refractivity contribution in [2.75, 3.05) is 18.5 Å². The number of hydrogen-bond donors (Lipinski definition) is 1.